The Morgan fingerprint density at radius 3 is 2.32 bits per heavy atom. The Morgan fingerprint density at radius 1 is 1.18 bits per heavy atom. The van der Waals surface area contributed by atoms with Crippen molar-refractivity contribution in [2.45, 2.75) is 52.9 Å². The summed E-state index contributed by atoms with van der Waals surface area (Å²) in [5, 5.41) is 3.31. The predicted molar refractivity (Wildman–Crippen MR) is 115 cm³/mol. The molecule has 28 heavy (non-hydrogen) atoms. The lowest BCUT2D eigenvalue weighted by Crippen LogP contribution is -2.48. The molecule has 0 spiro atoms. The third kappa shape index (κ3) is 6.30. The lowest BCUT2D eigenvalue weighted by Gasteiger charge is -2.32. The van der Waals surface area contributed by atoms with E-state index in [2.05, 4.69) is 31.3 Å². The average molecular weight is 405 g/mol. The van der Waals surface area contributed by atoms with Gasteiger partial charge < -0.3 is 15.0 Å². The molecule has 1 aromatic carbocycles. The summed E-state index contributed by atoms with van der Waals surface area (Å²) in [6.45, 7) is 9.81. The van der Waals surface area contributed by atoms with E-state index in [0.29, 0.717) is 43.6 Å². The maximum atomic E-state index is 12.6. The lowest BCUT2D eigenvalue weighted by molar-refractivity contribution is -0.149. The molecule has 1 atom stereocenters. The number of thiocarbonyl (C=S) groups is 1. The van der Waals surface area contributed by atoms with Gasteiger partial charge in [-0.3, -0.25) is 9.59 Å². The van der Waals surface area contributed by atoms with Crippen molar-refractivity contribution in [3.05, 3.63) is 35.4 Å². The van der Waals surface area contributed by atoms with Crippen molar-refractivity contribution in [2.75, 3.05) is 19.7 Å². The Bertz CT molecular complexity index is 680. The number of carbonyl (C=O) groups excluding carboxylic acids is 2. The van der Waals surface area contributed by atoms with Crippen LogP contribution in [0.3, 0.4) is 0 Å². The smallest absolute Gasteiger partial charge is 0.309 e. The molecule has 6 heteroatoms. The first kappa shape index (κ1) is 22.3. The summed E-state index contributed by atoms with van der Waals surface area (Å²) in [7, 11) is 0. The summed E-state index contributed by atoms with van der Waals surface area (Å²) in [6.07, 6.45) is 2.43. The van der Waals surface area contributed by atoms with Crippen LogP contribution in [-0.4, -0.2) is 41.6 Å². The topological polar surface area (TPSA) is 58.6 Å². The highest BCUT2D eigenvalue weighted by Gasteiger charge is 2.28. The van der Waals surface area contributed by atoms with Crippen LogP contribution in [0, 0.1) is 11.8 Å². The van der Waals surface area contributed by atoms with Crippen LogP contribution in [0.25, 0.3) is 0 Å². The van der Waals surface area contributed by atoms with Gasteiger partial charge in [-0.25, -0.2) is 0 Å². The van der Waals surface area contributed by atoms with Crippen LogP contribution in [0.1, 0.15) is 57.6 Å². The Labute approximate surface area is 173 Å². The van der Waals surface area contributed by atoms with Crippen LogP contribution < -0.4 is 5.32 Å². The van der Waals surface area contributed by atoms with Gasteiger partial charge in [0.2, 0.25) is 5.91 Å². The molecule has 0 aromatic heterocycles. The van der Waals surface area contributed by atoms with Gasteiger partial charge in [0, 0.05) is 13.1 Å². The van der Waals surface area contributed by atoms with E-state index in [-0.39, 0.29) is 23.7 Å². The molecule has 1 fully saturated rings. The highest BCUT2D eigenvalue weighted by molar-refractivity contribution is 7.80. The summed E-state index contributed by atoms with van der Waals surface area (Å²) in [5.41, 5.74) is 2.26. The number of rotatable bonds is 6. The number of nitrogens with one attached hydrogen (secondary N) is 1. The molecule has 1 aliphatic rings. The van der Waals surface area contributed by atoms with E-state index >= 15 is 0 Å². The normalized spacial score (nSPS) is 16.0. The molecule has 154 valence electrons. The molecule has 1 amide bonds. The van der Waals surface area contributed by atoms with Crippen molar-refractivity contribution in [3.63, 3.8) is 0 Å². The molecule has 2 rings (SSSR count). The van der Waals surface area contributed by atoms with Crippen LogP contribution in [0.5, 0.6) is 0 Å². The summed E-state index contributed by atoms with van der Waals surface area (Å²) in [5.74, 6) is 0.0266. The zero-order valence-electron chi connectivity index (χ0n) is 17.4. The number of likely N-dealkylation sites (tertiary alicyclic amines) is 1. The van der Waals surface area contributed by atoms with Crippen molar-refractivity contribution >= 4 is 29.2 Å². The van der Waals surface area contributed by atoms with Crippen LogP contribution in [-0.2, 0) is 20.7 Å². The SMILES string of the molecule is CCOC(=O)C1CCN(C(=S)NC(=O)C(C)c2ccc(CC(C)C)cc2)CC1. The van der Waals surface area contributed by atoms with Gasteiger partial charge in [-0.05, 0) is 62.4 Å². The molecule has 0 aliphatic carbocycles. The van der Waals surface area contributed by atoms with Crippen LogP contribution in [0.15, 0.2) is 24.3 Å². The monoisotopic (exact) mass is 404 g/mol. The van der Waals surface area contributed by atoms with Gasteiger partial charge in [-0.1, -0.05) is 38.1 Å². The van der Waals surface area contributed by atoms with Crippen LogP contribution in [0.2, 0.25) is 0 Å². The number of piperidine rings is 1. The highest BCUT2D eigenvalue weighted by Crippen LogP contribution is 2.20. The number of ether oxygens (including phenoxy) is 1. The maximum absolute atomic E-state index is 12.6. The fourth-order valence-electron chi connectivity index (χ4n) is 3.44. The Balaban J connectivity index is 1.85. The molecule has 0 bridgehead atoms. The molecule has 1 aliphatic heterocycles. The largest absolute Gasteiger partial charge is 0.466 e. The van der Waals surface area contributed by atoms with Crippen LogP contribution >= 0.6 is 12.2 Å². The van der Waals surface area contributed by atoms with E-state index in [4.69, 9.17) is 17.0 Å². The first-order valence-electron chi connectivity index (χ1n) is 10.2. The standard InChI is InChI=1S/C22H32N2O3S/c1-5-27-21(26)19-10-12-24(13-11-19)22(28)23-20(25)16(4)18-8-6-17(7-9-18)14-15(2)3/h6-9,15-16,19H,5,10-14H2,1-4H3,(H,23,25,28). The molecule has 1 saturated heterocycles. The van der Waals surface area contributed by atoms with Crippen molar-refractivity contribution in [3.8, 4) is 0 Å². The highest BCUT2D eigenvalue weighted by atomic mass is 32.1. The average Bonchev–Trinajstić information content (AvgIpc) is 2.67. The van der Waals surface area contributed by atoms with E-state index in [1.54, 1.807) is 0 Å². The first-order valence-corrected chi connectivity index (χ1v) is 10.6. The van der Waals surface area contributed by atoms with Gasteiger partial charge in [-0.2, -0.15) is 0 Å². The van der Waals surface area contributed by atoms with Crippen molar-refractivity contribution in [2.24, 2.45) is 11.8 Å². The predicted octanol–water partition coefficient (Wildman–Crippen LogP) is 3.66. The summed E-state index contributed by atoms with van der Waals surface area (Å²) < 4.78 is 5.09. The van der Waals surface area contributed by atoms with Crippen molar-refractivity contribution in [1.82, 2.24) is 10.2 Å². The quantitative estimate of drug-likeness (QED) is 0.579. The minimum atomic E-state index is -0.275. The van der Waals surface area contributed by atoms with E-state index in [0.717, 1.165) is 12.0 Å². The number of amides is 1. The van der Waals surface area contributed by atoms with Gasteiger partial charge in [0.1, 0.15) is 0 Å². The second kappa shape index (κ2) is 10.6. The van der Waals surface area contributed by atoms with Crippen molar-refractivity contribution in [1.29, 1.82) is 0 Å². The van der Waals surface area contributed by atoms with Crippen LogP contribution in [0.4, 0.5) is 0 Å². The van der Waals surface area contributed by atoms with E-state index in [1.165, 1.54) is 5.56 Å². The molecular weight excluding hydrogens is 372 g/mol. The van der Waals surface area contributed by atoms with Gasteiger partial charge in [0.05, 0.1) is 18.4 Å². The van der Waals surface area contributed by atoms with Gasteiger partial charge >= 0.3 is 5.97 Å². The van der Waals surface area contributed by atoms with Gasteiger partial charge in [0.25, 0.3) is 0 Å². The molecular formula is C22H32N2O3S. The lowest BCUT2D eigenvalue weighted by atomic mass is 9.96. The molecule has 1 N–H and O–H groups in total. The third-order valence-corrected chi connectivity index (χ3v) is 5.51. The maximum Gasteiger partial charge on any atom is 0.309 e. The number of esters is 1. The van der Waals surface area contributed by atoms with E-state index in [9.17, 15) is 9.59 Å². The third-order valence-electron chi connectivity index (χ3n) is 5.15. The molecule has 1 heterocycles. The second-order valence-corrected chi connectivity index (χ2v) is 8.26. The Hall–Kier alpha value is -1.95. The van der Waals surface area contributed by atoms with E-state index < -0.39 is 0 Å². The van der Waals surface area contributed by atoms with Crippen molar-refractivity contribution < 1.29 is 14.3 Å². The number of nitrogens with zero attached hydrogens (tertiary/aromatic N) is 1. The molecule has 1 aromatic rings. The second-order valence-electron chi connectivity index (χ2n) is 7.87. The molecule has 0 radical (unpaired) electrons. The fraction of sp³-hybridized carbons (Fsp3) is 0.591. The van der Waals surface area contributed by atoms with E-state index in [1.807, 2.05) is 30.9 Å². The number of carbonyl (C=O) groups is 2. The molecule has 1 unspecified atom stereocenters. The van der Waals surface area contributed by atoms with Gasteiger partial charge in [-0.15, -0.1) is 0 Å². The minimum Gasteiger partial charge on any atom is -0.466 e. The Kier molecular flexibility index (Phi) is 8.42. The number of benzene rings is 1. The summed E-state index contributed by atoms with van der Waals surface area (Å²) >= 11 is 5.42. The zero-order chi connectivity index (χ0) is 20.7. The Morgan fingerprint density at radius 2 is 1.79 bits per heavy atom. The number of hydrogen-bond acceptors (Lipinski definition) is 4. The first-order chi connectivity index (χ1) is 13.3. The molecule has 5 nitrogen and oxygen atoms in total. The molecule has 0 saturated carbocycles. The zero-order valence-corrected chi connectivity index (χ0v) is 18.2. The summed E-state index contributed by atoms with van der Waals surface area (Å²) in [4.78, 5) is 26.4. The number of hydrogen-bond donors (Lipinski definition) is 1. The summed E-state index contributed by atoms with van der Waals surface area (Å²) in [6, 6.07) is 8.24. The minimum absolute atomic E-state index is 0.0713. The van der Waals surface area contributed by atoms with Gasteiger partial charge in [0.15, 0.2) is 5.11 Å². The fourth-order valence-corrected chi connectivity index (χ4v) is 3.72.